The first-order chi connectivity index (χ1) is 9.31. The van der Waals surface area contributed by atoms with Crippen LogP contribution in [0.15, 0.2) is 30.3 Å². The van der Waals surface area contributed by atoms with E-state index in [0.29, 0.717) is 6.04 Å². The number of pyridine rings is 1. The third-order valence-corrected chi connectivity index (χ3v) is 3.71. The average Bonchev–Trinajstić information content (AvgIpc) is 2.46. The number of rotatable bonds is 3. The van der Waals surface area contributed by atoms with Crippen LogP contribution in [0.2, 0.25) is 0 Å². The van der Waals surface area contributed by atoms with E-state index < -0.39 is 0 Å². The van der Waals surface area contributed by atoms with Crippen LogP contribution in [-0.2, 0) is 11.3 Å². The third-order valence-electron chi connectivity index (χ3n) is 3.71. The SMILES string of the molecule is Cc1ccc2cc(CNC3CCOCC3)ccc2n1. The quantitative estimate of drug-likeness (QED) is 0.917. The van der Waals surface area contributed by atoms with Crippen molar-refractivity contribution >= 4 is 10.9 Å². The molecule has 2 aromatic rings. The predicted molar refractivity (Wildman–Crippen MR) is 77.2 cm³/mol. The fraction of sp³-hybridized carbons (Fsp3) is 0.438. The number of nitrogens with zero attached hydrogens (tertiary/aromatic N) is 1. The lowest BCUT2D eigenvalue weighted by molar-refractivity contribution is 0.0776. The minimum absolute atomic E-state index is 0.598. The zero-order valence-corrected chi connectivity index (χ0v) is 11.4. The Hall–Kier alpha value is -1.45. The van der Waals surface area contributed by atoms with E-state index in [1.165, 1.54) is 10.9 Å². The molecule has 0 aliphatic carbocycles. The van der Waals surface area contributed by atoms with Crippen molar-refractivity contribution in [3.63, 3.8) is 0 Å². The standard InChI is InChI=1S/C16H20N2O/c1-12-2-4-14-10-13(3-5-16(14)18-12)11-17-15-6-8-19-9-7-15/h2-5,10,15,17H,6-9,11H2,1H3. The lowest BCUT2D eigenvalue weighted by atomic mass is 10.1. The van der Waals surface area contributed by atoms with Crippen molar-refractivity contribution in [2.24, 2.45) is 0 Å². The lowest BCUT2D eigenvalue weighted by Crippen LogP contribution is -2.34. The summed E-state index contributed by atoms with van der Waals surface area (Å²) in [5, 5.41) is 4.83. The number of hydrogen-bond acceptors (Lipinski definition) is 3. The molecule has 1 aliphatic rings. The van der Waals surface area contributed by atoms with E-state index in [1.807, 2.05) is 6.92 Å². The van der Waals surface area contributed by atoms with Crippen LogP contribution < -0.4 is 5.32 Å². The maximum atomic E-state index is 5.37. The summed E-state index contributed by atoms with van der Waals surface area (Å²) in [7, 11) is 0. The van der Waals surface area contributed by atoms with Crippen LogP contribution in [0.25, 0.3) is 10.9 Å². The van der Waals surface area contributed by atoms with Crippen molar-refractivity contribution in [1.82, 2.24) is 10.3 Å². The van der Waals surface area contributed by atoms with E-state index >= 15 is 0 Å². The summed E-state index contributed by atoms with van der Waals surface area (Å²) in [5.74, 6) is 0. The van der Waals surface area contributed by atoms with E-state index in [9.17, 15) is 0 Å². The van der Waals surface area contributed by atoms with Crippen LogP contribution in [-0.4, -0.2) is 24.2 Å². The monoisotopic (exact) mass is 256 g/mol. The minimum Gasteiger partial charge on any atom is -0.381 e. The Labute approximate surface area is 114 Å². The predicted octanol–water partition coefficient (Wildman–Crippen LogP) is 2.81. The van der Waals surface area contributed by atoms with Gasteiger partial charge in [-0.15, -0.1) is 0 Å². The van der Waals surface area contributed by atoms with Crippen LogP contribution in [0, 0.1) is 6.92 Å². The van der Waals surface area contributed by atoms with Gasteiger partial charge in [0.15, 0.2) is 0 Å². The van der Waals surface area contributed by atoms with Gasteiger partial charge in [0.25, 0.3) is 0 Å². The summed E-state index contributed by atoms with van der Waals surface area (Å²) in [6.45, 7) is 4.73. The molecule has 0 spiro atoms. The van der Waals surface area contributed by atoms with Gasteiger partial charge in [0.1, 0.15) is 0 Å². The summed E-state index contributed by atoms with van der Waals surface area (Å²) in [6, 6.07) is 11.3. The molecule has 1 N–H and O–H groups in total. The molecule has 100 valence electrons. The topological polar surface area (TPSA) is 34.1 Å². The largest absolute Gasteiger partial charge is 0.381 e. The summed E-state index contributed by atoms with van der Waals surface area (Å²) >= 11 is 0. The molecule has 0 atom stereocenters. The fourth-order valence-electron chi connectivity index (χ4n) is 2.55. The highest BCUT2D eigenvalue weighted by atomic mass is 16.5. The number of benzene rings is 1. The van der Waals surface area contributed by atoms with Gasteiger partial charge in [-0.1, -0.05) is 12.1 Å². The molecule has 1 aromatic carbocycles. The normalized spacial score (nSPS) is 16.9. The Morgan fingerprint density at radius 2 is 2.05 bits per heavy atom. The molecule has 3 heteroatoms. The van der Waals surface area contributed by atoms with Crippen LogP contribution in [0.3, 0.4) is 0 Å². The molecule has 3 nitrogen and oxygen atoms in total. The number of hydrogen-bond donors (Lipinski definition) is 1. The molecular weight excluding hydrogens is 236 g/mol. The smallest absolute Gasteiger partial charge is 0.0705 e. The molecule has 0 amide bonds. The first kappa shape index (κ1) is 12.6. The second-order valence-electron chi connectivity index (χ2n) is 5.25. The van der Waals surface area contributed by atoms with Gasteiger partial charge in [-0.2, -0.15) is 0 Å². The Balaban J connectivity index is 1.69. The van der Waals surface area contributed by atoms with Crippen LogP contribution in [0.5, 0.6) is 0 Å². The van der Waals surface area contributed by atoms with E-state index in [4.69, 9.17) is 4.74 Å². The first-order valence-electron chi connectivity index (χ1n) is 6.99. The number of aromatic nitrogens is 1. The highest BCUT2D eigenvalue weighted by Crippen LogP contribution is 2.15. The van der Waals surface area contributed by atoms with Gasteiger partial charge in [-0.25, -0.2) is 0 Å². The third kappa shape index (κ3) is 3.11. The van der Waals surface area contributed by atoms with Gasteiger partial charge in [0.2, 0.25) is 0 Å². The van der Waals surface area contributed by atoms with Crippen LogP contribution in [0.1, 0.15) is 24.1 Å². The summed E-state index contributed by atoms with van der Waals surface area (Å²) in [6.07, 6.45) is 2.24. The molecule has 0 radical (unpaired) electrons. The Morgan fingerprint density at radius 1 is 1.21 bits per heavy atom. The van der Waals surface area contributed by atoms with E-state index in [1.54, 1.807) is 0 Å². The fourth-order valence-corrected chi connectivity index (χ4v) is 2.55. The van der Waals surface area contributed by atoms with E-state index in [2.05, 4.69) is 40.6 Å². The average molecular weight is 256 g/mol. The maximum Gasteiger partial charge on any atom is 0.0705 e. The molecule has 1 saturated heterocycles. The van der Waals surface area contributed by atoms with Crippen LogP contribution >= 0.6 is 0 Å². The Kier molecular flexibility index (Phi) is 3.76. The summed E-state index contributed by atoms with van der Waals surface area (Å²) < 4.78 is 5.37. The van der Waals surface area contributed by atoms with Crippen molar-refractivity contribution < 1.29 is 4.74 Å². The van der Waals surface area contributed by atoms with Gasteiger partial charge >= 0.3 is 0 Å². The zero-order valence-electron chi connectivity index (χ0n) is 11.4. The van der Waals surface area contributed by atoms with E-state index in [0.717, 1.165) is 43.8 Å². The molecule has 1 aromatic heterocycles. The van der Waals surface area contributed by atoms with Gasteiger partial charge in [0, 0.05) is 36.9 Å². The second kappa shape index (κ2) is 5.68. The molecule has 2 heterocycles. The summed E-state index contributed by atoms with van der Waals surface area (Å²) in [5.41, 5.74) is 3.47. The van der Waals surface area contributed by atoms with Crippen molar-refractivity contribution in [3.05, 3.63) is 41.6 Å². The molecule has 0 unspecified atom stereocenters. The van der Waals surface area contributed by atoms with Crippen molar-refractivity contribution in [1.29, 1.82) is 0 Å². The molecule has 3 rings (SSSR count). The van der Waals surface area contributed by atoms with Gasteiger partial charge in [0.05, 0.1) is 5.52 Å². The highest BCUT2D eigenvalue weighted by Gasteiger charge is 2.12. The Bertz CT molecular complexity index is 562. The maximum absolute atomic E-state index is 5.37. The Morgan fingerprint density at radius 3 is 2.89 bits per heavy atom. The van der Waals surface area contributed by atoms with Crippen molar-refractivity contribution in [3.8, 4) is 0 Å². The highest BCUT2D eigenvalue weighted by molar-refractivity contribution is 5.79. The zero-order chi connectivity index (χ0) is 13.1. The van der Waals surface area contributed by atoms with E-state index in [-0.39, 0.29) is 0 Å². The number of fused-ring (bicyclic) bond motifs is 1. The molecule has 0 bridgehead atoms. The van der Waals surface area contributed by atoms with Crippen molar-refractivity contribution in [2.45, 2.75) is 32.4 Å². The van der Waals surface area contributed by atoms with Crippen LogP contribution in [0.4, 0.5) is 0 Å². The van der Waals surface area contributed by atoms with Gasteiger partial charge in [-0.3, -0.25) is 4.98 Å². The van der Waals surface area contributed by atoms with Gasteiger partial charge < -0.3 is 10.1 Å². The summed E-state index contributed by atoms with van der Waals surface area (Å²) in [4.78, 5) is 4.53. The molecular formula is C16H20N2O. The number of aryl methyl sites for hydroxylation is 1. The molecule has 0 saturated carbocycles. The number of ether oxygens (including phenoxy) is 1. The molecule has 1 fully saturated rings. The van der Waals surface area contributed by atoms with Crippen molar-refractivity contribution in [2.75, 3.05) is 13.2 Å². The molecule has 19 heavy (non-hydrogen) atoms. The number of nitrogens with one attached hydrogen (secondary N) is 1. The second-order valence-corrected chi connectivity index (χ2v) is 5.25. The molecule has 1 aliphatic heterocycles. The first-order valence-corrected chi connectivity index (χ1v) is 6.99. The van der Waals surface area contributed by atoms with Gasteiger partial charge in [-0.05, 0) is 43.5 Å². The lowest BCUT2D eigenvalue weighted by Gasteiger charge is -2.23. The minimum atomic E-state index is 0.598.